The average Bonchev–Trinajstić information content (AvgIpc) is 2.92. The van der Waals surface area contributed by atoms with Crippen LogP contribution in [0.25, 0.3) is 10.9 Å². The second-order valence-electron chi connectivity index (χ2n) is 7.38. The number of rotatable bonds is 1. The monoisotopic (exact) mass is 292 g/mol. The van der Waals surface area contributed by atoms with Crippen LogP contribution < -0.4 is 0 Å². The Hall–Kier alpha value is -1.57. The van der Waals surface area contributed by atoms with Crippen molar-refractivity contribution in [3.63, 3.8) is 0 Å². The molecule has 1 aliphatic heterocycles. The van der Waals surface area contributed by atoms with Crippen LogP contribution in [0.3, 0.4) is 0 Å². The summed E-state index contributed by atoms with van der Waals surface area (Å²) in [5.41, 5.74) is 6.23. The van der Waals surface area contributed by atoms with Gasteiger partial charge in [-0.1, -0.05) is 25.3 Å². The largest absolute Gasteiger partial charge is 0.324 e. The number of fused-ring (bicyclic) bond motifs is 3. The van der Waals surface area contributed by atoms with Crippen molar-refractivity contribution in [3.05, 3.63) is 35.0 Å². The molecular weight excluding hydrogens is 268 g/mol. The Kier molecular flexibility index (Phi) is 2.92. The molecule has 0 bridgehead atoms. The van der Waals surface area contributed by atoms with Crippen molar-refractivity contribution in [1.29, 1.82) is 0 Å². The van der Waals surface area contributed by atoms with Crippen molar-refractivity contribution in [2.75, 3.05) is 0 Å². The van der Waals surface area contributed by atoms with E-state index < -0.39 is 0 Å². The molecule has 22 heavy (non-hydrogen) atoms. The molecule has 2 heteroatoms. The predicted octanol–water partition coefficient (Wildman–Crippen LogP) is 5.15. The summed E-state index contributed by atoms with van der Waals surface area (Å²) in [6, 6.07) is 7.32. The summed E-state index contributed by atoms with van der Waals surface area (Å²) in [5, 5.41) is 1.54. The number of aliphatic imine (C=N–C) groups is 1. The van der Waals surface area contributed by atoms with E-state index in [9.17, 15) is 0 Å². The maximum Gasteiger partial charge on any atom is 0.114 e. The van der Waals surface area contributed by atoms with E-state index in [2.05, 4.69) is 34.0 Å². The lowest BCUT2D eigenvalue weighted by molar-refractivity contribution is 0.444. The molecule has 1 aromatic carbocycles. The molecule has 1 saturated carbocycles. The number of aryl methyl sites for hydroxylation is 1. The molecule has 0 saturated heterocycles. The molecule has 114 valence electrons. The van der Waals surface area contributed by atoms with E-state index in [0.717, 1.165) is 12.6 Å². The smallest absolute Gasteiger partial charge is 0.114 e. The Balaban J connectivity index is 1.67. The molecule has 2 aromatic rings. The van der Waals surface area contributed by atoms with E-state index in [-0.39, 0.29) is 0 Å². The zero-order chi connectivity index (χ0) is 14.5. The first-order valence-electron chi connectivity index (χ1n) is 9.06. The quantitative estimate of drug-likeness (QED) is 0.691. The fraction of sp³-hybridized carbons (Fsp3) is 0.550. The fourth-order valence-corrected chi connectivity index (χ4v) is 5.03. The SMILES string of the molecule is C1=NCn2c3c(c4cc(C5CCCCC5)ccc42)CCCC13. The molecule has 1 atom stereocenters. The molecule has 2 nitrogen and oxygen atoms in total. The first-order valence-corrected chi connectivity index (χ1v) is 9.06. The van der Waals surface area contributed by atoms with E-state index in [4.69, 9.17) is 0 Å². The Morgan fingerprint density at radius 2 is 1.91 bits per heavy atom. The van der Waals surface area contributed by atoms with Gasteiger partial charge in [-0.25, -0.2) is 0 Å². The predicted molar refractivity (Wildman–Crippen MR) is 91.9 cm³/mol. The highest BCUT2D eigenvalue weighted by molar-refractivity contribution is 5.89. The molecule has 0 N–H and O–H groups in total. The van der Waals surface area contributed by atoms with Crippen LogP contribution in [0.1, 0.15) is 73.6 Å². The highest BCUT2D eigenvalue weighted by Crippen LogP contribution is 2.41. The Bertz CT molecular complexity index is 747. The lowest BCUT2D eigenvalue weighted by atomic mass is 9.83. The molecule has 1 unspecified atom stereocenters. The lowest BCUT2D eigenvalue weighted by Crippen LogP contribution is -2.18. The minimum Gasteiger partial charge on any atom is -0.324 e. The van der Waals surface area contributed by atoms with Gasteiger partial charge in [-0.2, -0.15) is 0 Å². The minimum atomic E-state index is 0.572. The first kappa shape index (κ1) is 12.9. The van der Waals surface area contributed by atoms with Crippen LogP contribution in [0.15, 0.2) is 23.2 Å². The number of nitrogens with zero attached hydrogens (tertiary/aromatic N) is 2. The standard InChI is InChI=1S/C20H24N2/c1-2-5-14(6-3-1)15-9-10-19-18(11-15)17-8-4-7-16-12-21-13-22(19)20(16)17/h9-12,14,16H,1-8,13H2. The van der Waals surface area contributed by atoms with Gasteiger partial charge in [0.2, 0.25) is 0 Å². The molecule has 5 rings (SSSR count). The summed E-state index contributed by atoms with van der Waals surface area (Å²) < 4.78 is 2.49. The Labute approximate surface area is 132 Å². The summed E-state index contributed by atoms with van der Waals surface area (Å²) in [5.74, 6) is 1.38. The second kappa shape index (κ2) is 4.97. The van der Waals surface area contributed by atoms with Gasteiger partial charge >= 0.3 is 0 Å². The minimum absolute atomic E-state index is 0.572. The van der Waals surface area contributed by atoms with Crippen LogP contribution in [0.5, 0.6) is 0 Å². The van der Waals surface area contributed by atoms with Crippen molar-refractivity contribution < 1.29 is 0 Å². The third-order valence-electron chi connectivity index (χ3n) is 6.11. The molecule has 0 radical (unpaired) electrons. The maximum absolute atomic E-state index is 4.62. The molecule has 2 aliphatic carbocycles. The average molecular weight is 292 g/mol. The molecule has 0 amide bonds. The van der Waals surface area contributed by atoms with Crippen molar-refractivity contribution in [1.82, 2.24) is 4.57 Å². The third-order valence-corrected chi connectivity index (χ3v) is 6.11. The molecular formula is C20H24N2. The molecule has 1 fully saturated rings. The van der Waals surface area contributed by atoms with Crippen molar-refractivity contribution in [2.45, 2.75) is 69.9 Å². The van der Waals surface area contributed by atoms with Crippen LogP contribution in [-0.2, 0) is 13.1 Å². The van der Waals surface area contributed by atoms with E-state index in [1.807, 2.05) is 0 Å². The molecule has 1 aromatic heterocycles. The van der Waals surface area contributed by atoms with Gasteiger partial charge in [-0.15, -0.1) is 0 Å². The van der Waals surface area contributed by atoms with Gasteiger partial charge in [0, 0.05) is 23.2 Å². The fourth-order valence-electron chi connectivity index (χ4n) is 5.03. The first-order chi connectivity index (χ1) is 10.9. The molecule has 3 aliphatic rings. The van der Waals surface area contributed by atoms with Crippen molar-refractivity contribution in [2.24, 2.45) is 4.99 Å². The second-order valence-corrected chi connectivity index (χ2v) is 7.38. The van der Waals surface area contributed by atoms with Gasteiger partial charge in [0.15, 0.2) is 0 Å². The van der Waals surface area contributed by atoms with Crippen LogP contribution in [-0.4, -0.2) is 10.8 Å². The zero-order valence-electron chi connectivity index (χ0n) is 13.2. The third kappa shape index (κ3) is 1.82. The highest BCUT2D eigenvalue weighted by atomic mass is 15.1. The van der Waals surface area contributed by atoms with Crippen LogP contribution in [0, 0.1) is 0 Å². The summed E-state index contributed by atoms with van der Waals surface area (Å²) in [6.07, 6.45) is 13.1. The van der Waals surface area contributed by atoms with Crippen molar-refractivity contribution >= 4 is 17.1 Å². The van der Waals surface area contributed by atoms with E-state index in [1.54, 1.807) is 16.8 Å². The summed E-state index contributed by atoms with van der Waals surface area (Å²) >= 11 is 0. The lowest BCUT2D eigenvalue weighted by Gasteiger charge is -2.25. The summed E-state index contributed by atoms with van der Waals surface area (Å²) in [7, 11) is 0. The number of benzene rings is 1. The van der Waals surface area contributed by atoms with Gasteiger partial charge in [-0.05, 0) is 61.3 Å². The van der Waals surface area contributed by atoms with Crippen LogP contribution in [0.4, 0.5) is 0 Å². The summed E-state index contributed by atoms with van der Waals surface area (Å²) in [4.78, 5) is 4.62. The van der Waals surface area contributed by atoms with E-state index >= 15 is 0 Å². The zero-order valence-corrected chi connectivity index (χ0v) is 13.2. The number of hydrogen-bond acceptors (Lipinski definition) is 1. The topological polar surface area (TPSA) is 17.3 Å². The Morgan fingerprint density at radius 3 is 2.82 bits per heavy atom. The number of aromatic nitrogens is 1. The highest BCUT2D eigenvalue weighted by Gasteiger charge is 2.29. The van der Waals surface area contributed by atoms with Gasteiger partial charge in [-0.3, -0.25) is 4.99 Å². The molecule has 0 spiro atoms. The van der Waals surface area contributed by atoms with Crippen molar-refractivity contribution in [3.8, 4) is 0 Å². The maximum atomic E-state index is 4.62. The number of hydrogen-bond donors (Lipinski definition) is 0. The van der Waals surface area contributed by atoms with E-state index in [0.29, 0.717) is 5.92 Å². The van der Waals surface area contributed by atoms with Gasteiger partial charge in [0.1, 0.15) is 6.67 Å². The molecule has 2 heterocycles. The van der Waals surface area contributed by atoms with Crippen LogP contribution in [0.2, 0.25) is 0 Å². The summed E-state index contributed by atoms with van der Waals surface area (Å²) in [6.45, 7) is 0.825. The van der Waals surface area contributed by atoms with Gasteiger partial charge in [0.25, 0.3) is 0 Å². The van der Waals surface area contributed by atoms with Gasteiger partial charge < -0.3 is 4.57 Å². The van der Waals surface area contributed by atoms with Crippen LogP contribution >= 0.6 is 0 Å². The Morgan fingerprint density at radius 1 is 1.00 bits per heavy atom. The van der Waals surface area contributed by atoms with Gasteiger partial charge in [0.05, 0.1) is 5.52 Å². The normalized spacial score (nSPS) is 24.6. The van der Waals surface area contributed by atoms with E-state index in [1.165, 1.54) is 62.3 Å².